The van der Waals surface area contributed by atoms with Crippen LogP contribution < -0.4 is 10.4 Å². The van der Waals surface area contributed by atoms with Crippen molar-refractivity contribution in [1.82, 2.24) is 0 Å². The standard InChI is InChI=1S/C16H18O2PSi2/c1-11-7-5-9-15(13(11)3)20-18-19(17)21-16-10-6-8-12(2)14(16)4/h5-10H,1-4H3/q+1. The third kappa shape index (κ3) is 4.20. The molecule has 0 saturated carbocycles. The molecular formula is C16H18O2PSi2+. The van der Waals surface area contributed by atoms with E-state index in [0.717, 1.165) is 10.4 Å². The van der Waals surface area contributed by atoms with Crippen molar-refractivity contribution in [2.45, 2.75) is 27.7 Å². The Morgan fingerprint density at radius 3 is 2.00 bits per heavy atom. The van der Waals surface area contributed by atoms with Crippen molar-refractivity contribution >= 4 is 36.9 Å². The van der Waals surface area contributed by atoms with Crippen LogP contribution in [0.3, 0.4) is 0 Å². The first-order valence-electron chi connectivity index (χ1n) is 6.78. The normalized spacial score (nSPS) is 11.5. The van der Waals surface area contributed by atoms with E-state index in [2.05, 4.69) is 39.8 Å². The molecule has 106 valence electrons. The first-order valence-corrected chi connectivity index (χ1v) is 10.7. The van der Waals surface area contributed by atoms with E-state index in [1.807, 2.05) is 24.3 Å². The zero-order valence-electron chi connectivity index (χ0n) is 12.7. The van der Waals surface area contributed by atoms with Gasteiger partial charge in [-0.15, -0.1) is 0 Å². The van der Waals surface area contributed by atoms with Gasteiger partial charge in [0.2, 0.25) is 0 Å². The molecule has 2 nitrogen and oxygen atoms in total. The van der Waals surface area contributed by atoms with Crippen molar-refractivity contribution in [1.29, 1.82) is 0 Å². The molecule has 0 saturated heterocycles. The number of hydrogen-bond donors (Lipinski definition) is 0. The molecule has 0 spiro atoms. The summed E-state index contributed by atoms with van der Waals surface area (Å²) in [5, 5.41) is 2.28. The SMILES string of the molecule is Cc1cccc([Si]O[P+](=O)[Si]c2cccc(C)c2C)c1C. The second-order valence-electron chi connectivity index (χ2n) is 5.06. The fraction of sp³-hybridized carbons (Fsp3) is 0.250. The highest BCUT2D eigenvalue weighted by atomic mass is 31.4. The molecule has 2 aromatic rings. The van der Waals surface area contributed by atoms with Crippen molar-refractivity contribution in [3.8, 4) is 0 Å². The van der Waals surface area contributed by atoms with Gasteiger partial charge in [0.05, 0.1) is 0 Å². The van der Waals surface area contributed by atoms with Gasteiger partial charge in [0, 0.05) is 0 Å². The van der Waals surface area contributed by atoms with Crippen LogP contribution in [0.15, 0.2) is 36.4 Å². The molecule has 2 rings (SSSR count). The van der Waals surface area contributed by atoms with Crippen LogP contribution in [0.4, 0.5) is 0 Å². The van der Waals surface area contributed by atoms with Crippen LogP contribution in [0.2, 0.25) is 0 Å². The van der Waals surface area contributed by atoms with Gasteiger partial charge in [-0.3, -0.25) is 0 Å². The lowest BCUT2D eigenvalue weighted by molar-refractivity contribution is 0.535. The van der Waals surface area contributed by atoms with Gasteiger partial charge in [0.1, 0.15) is 0 Å². The lowest BCUT2D eigenvalue weighted by Gasteiger charge is -2.04. The zero-order valence-corrected chi connectivity index (χ0v) is 15.6. The largest absolute Gasteiger partial charge is 0.511 e. The summed E-state index contributed by atoms with van der Waals surface area (Å²) in [6.45, 7) is 8.32. The Labute approximate surface area is 132 Å². The first kappa shape index (κ1) is 16.3. The van der Waals surface area contributed by atoms with Gasteiger partial charge < -0.3 is 0 Å². The van der Waals surface area contributed by atoms with E-state index in [9.17, 15) is 4.57 Å². The molecule has 5 heteroatoms. The Morgan fingerprint density at radius 1 is 0.857 bits per heavy atom. The monoisotopic (exact) mass is 329 g/mol. The molecule has 0 bridgehead atoms. The van der Waals surface area contributed by atoms with E-state index in [1.54, 1.807) is 0 Å². The predicted molar refractivity (Wildman–Crippen MR) is 91.3 cm³/mol. The van der Waals surface area contributed by atoms with Gasteiger partial charge in [0.25, 0.3) is 0 Å². The molecule has 21 heavy (non-hydrogen) atoms. The van der Waals surface area contributed by atoms with Crippen molar-refractivity contribution in [3.63, 3.8) is 0 Å². The second kappa shape index (κ2) is 7.27. The van der Waals surface area contributed by atoms with E-state index in [-0.39, 0.29) is 19.0 Å². The Balaban J connectivity index is 1.99. The summed E-state index contributed by atoms with van der Waals surface area (Å²) in [5.74, 6) is 0. The van der Waals surface area contributed by atoms with E-state index in [1.165, 1.54) is 22.3 Å². The molecule has 2 aromatic carbocycles. The molecule has 0 fully saturated rings. The van der Waals surface area contributed by atoms with E-state index >= 15 is 0 Å². The van der Waals surface area contributed by atoms with Gasteiger partial charge >= 0.3 is 26.5 Å². The summed E-state index contributed by atoms with van der Waals surface area (Å²) in [6, 6.07) is 12.3. The molecule has 4 radical (unpaired) electrons. The molecule has 0 amide bonds. The van der Waals surface area contributed by atoms with Gasteiger partial charge in [-0.2, -0.15) is 0 Å². The van der Waals surface area contributed by atoms with E-state index in [0.29, 0.717) is 0 Å². The van der Waals surface area contributed by atoms with Crippen LogP contribution in [0.25, 0.3) is 0 Å². The molecule has 0 aliphatic carbocycles. The second-order valence-corrected chi connectivity index (χ2v) is 9.57. The maximum atomic E-state index is 12.2. The number of benzene rings is 2. The number of hydrogen-bond acceptors (Lipinski definition) is 2. The van der Waals surface area contributed by atoms with Crippen LogP contribution in [0.5, 0.6) is 0 Å². The van der Waals surface area contributed by atoms with Crippen LogP contribution in [-0.2, 0) is 8.78 Å². The molecule has 0 heterocycles. The van der Waals surface area contributed by atoms with Crippen molar-refractivity contribution in [3.05, 3.63) is 58.7 Å². The van der Waals surface area contributed by atoms with Gasteiger partial charge in [-0.25, -0.2) is 4.21 Å². The maximum Gasteiger partial charge on any atom is 0.511 e. The average Bonchev–Trinajstić information content (AvgIpc) is 2.45. The lowest BCUT2D eigenvalue weighted by Crippen LogP contribution is -2.22. The molecule has 0 aromatic heterocycles. The average molecular weight is 329 g/mol. The summed E-state index contributed by atoms with van der Waals surface area (Å²) < 4.78 is 17.8. The minimum absolute atomic E-state index is 0.149. The third-order valence-corrected chi connectivity index (χ3v) is 8.51. The van der Waals surface area contributed by atoms with Crippen molar-refractivity contribution in [2.75, 3.05) is 0 Å². The summed E-state index contributed by atoms with van der Waals surface area (Å²) in [7, 11) is -1.28. The molecular weight excluding hydrogens is 311 g/mol. The lowest BCUT2D eigenvalue weighted by atomic mass is 10.1. The van der Waals surface area contributed by atoms with Crippen molar-refractivity contribution < 1.29 is 8.78 Å². The van der Waals surface area contributed by atoms with Gasteiger partial charge in [0.15, 0.2) is 0 Å². The van der Waals surface area contributed by atoms with E-state index < -0.39 is 7.58 Å². The highest BCUT2D eigenvalue weighted by Crippen LogP contribution is 2.19. The molecule has 1 atom stereocenters. The fourth-order valence-corrected chi connectivity index (χ4v) is 6.24. The fourth-order valence-electron chi connectivity index (χ4n) is 1.95. The van der Waals surface area contributed by atoms with Gasteiger partial charge in [-0.05, 0) is 60.3 Å². The third-order valence-electron chi connectivity index (χ3n) is 3.66. The Bertz CT molecular complexity index is 671. The van der Waals surface area contributed by atoms with Gasteiger partial charge in [-0.1, -0.05) is 41.0 Å². The molecule has 0 aliphatic rings. The smallest absolute Gasteiger partial charge is 0.209 e. The quantitative estimate of drug-likeness (QED) is 0.623. The first-order chi connectivity index (χ1) is 9.99. The topological polar surface area (TPSA) is 26.3 Å². The Morgan fingerprint density at radius 2 is 1.38 bits per heavy atom. The summed E-state index contributed by atoms with van der Waals surface area (Å²) in [6.07, 6.45) is 0. The highest BCUT2D eigenvalue weighted by Gasteiger charge is 2.25. The summed E-state index contributed by atoms with van der Waals surface area (Å²) in [4.78, 5) is 0. The molecule has 0 N–H and O–H groups in total. The summed E-state index contributed by atoms with van der Waals surface area (Å²) >= 11 is 0. The minimum Gasteiger partial charge on any atom is -0.209 e. The van der Waals surface area contributed by atoms with E-state index in [4.69, 9.17) is 4.21 Å². The molecule has 0 aliphatic heterocycles. The zero-order chi connectivity index (χ0) is 15.4. The predicted octanol–water partition coefficient (Wildman–Crippen LogP) is 2.87. The Kier molecular flexibility index (Phi) is 5.65. The minimum atomic E-state index is -1.64. The molecule has 1 unspecified atom stereocenters. The highest BCUT2D eigenvalue weighted by molar-refractivity contribution is 7.75. The van der Waals surface area contributed by atoms with Crippen LogP contribution in [0, 0.1) is 27.7 Å². The van der Waals surface area contributed by atoms with Crippen LogP contribution in [0.1, 0.15) is 22.3 Å². The van der Waals surface area contributed by atoms with Crippen molar-refractivity contribution in [2.24, 2.45) is 0 Å². The van der Waals surface area contributed by atoms with Crippen LogP contribution >= 0.6 is 7.58 Å². The van der Waals surface area contributed by atoms with Crippen LogP contribution in [-0.4, -0.2) is 19.0 Å². The summed E-state index contributed by atoms with van der Waals surface area (Å²) in [5.41, 5.74) is 4.93. The maximum absolute atomic E-state index is 12.2. The Hall–Kier alpha value is -1.07. The number of aryl methyl sites for hydroxylation is 2. The number of rotatable bonds is 5.